The third kappa shape index (κ3) is 5.55. The zero-order valence-corrected chi connectivity index (χ0v) is 19.6. The highest BCUT2D eigenvalue weighted by atomic mass is 19.3. The number of halogens is 2. The third-order valence-corrected chi connectivity index (χ3v) is 6.03. The number of fused-ring (bicyclic) bond motifs is 1. The number of benzene rings is 2. The highest BCUT2D eigenvalue weighted by Gasteiger charge is 2.31. The van der Waals surface area contributed by atoms with Crippen LogP contribution in [0.1, 0.15) is 48.8 Å². The summed E-state index contributed by atoms with van der Waals surface area (Å²) in [6.07, 6.45) is 1.24. The SMILES string of the molecule is CCOc1cccc2cc(C(C)NC(=O)C3CCCN(C(=O)c4ccccc4OC(F)F)C3)oc12. The fraction of sp³-hybridized carbons (Fsp3) is 0.385. The van der Waals surface area contributed by atoms with E-state index in [0.29, 0.717) is 43.1 Å². The molecule has 1 aliphatic rings. The largest absolute Gasteiger partial charge is 0.490 e. The van der Waals surface area contributed by atoms with Crippen molar-refractivity contribution < 1.29 is 32.3 Å². The minimum absolute atomic E-state index is 0.0506. The summed E-state index contributed by atoms with van der Waals surface area (Å²) >= 11 is 0. The van der Waals surface area contributed by atoms with Crippen molar-refractivity contribution >= 4 is 22.8 Å². The van der Waals surface area contributed by atoms with Crippen molar-refractivity contribution in [3.05, 3.63) is 59.9 Å². The van der Waals surface area contributed by atoms with Crippen LogP contribution in [0.3, 0.4) is 0 Å². The van der Waals surface area contributed by atoms with Gasteiger partial charge < -0.3 is 24.1 Å². The van der Waals surface area contributed by atoms with E-state index in [2.05, 4.69) is 10.1 Å². The number of hydrogen-bond donors (Lipinski definition) is 1. The van der Waals surface area contributed by atoms with Crippen molar-refractivity contribution in [2.75, 3.05) is 19.7 Å². The molecule has 35 heavy (non-hydrogen) atoms. The molecule has 0 radical (unpaired) electrons. The summed E-state index contributed by atoms with van der Waals surface area (Å²) in [5, 5.41) is 3.86. The van der Waals surface area contributed by atoms with Crippen LogP contribution in [0.5, 0.6) is 11.5 Å². The van der Waals surface area contributed by atoms with E-state index in [9.17, 15) is 18.4 Å². The first-order valence-corrected chi connectivity index (χ1v) is 11.7. The molecule has 0 bridgehead atoms. The Morgan fingerprint density at radius 2 is 1.94 bits per heavy atom. The Kier molecular flexibility index (Phi) is 7.53. The van der Waals surface area contributed by atoms with Crippen molar-refractivity contribution in [3.8, 4) is 11.5 Å². The normalized spacial score (nSPS) is 16.8. The second kappa shape index (κ2) is 10.8. The molecule has 1 N–H and O–H groups in total. The van der Waals surface area contributed by atoms with Gasteiger partial charge >= 0.3 is 6.61 Å². The molecule has 3 aromatic rings. The van der Waals surface area contributed by atoms with E-state index < -0.39 is 24.5 Å². The fourth-order valence-corrected chi connectivity index (χ4v) is 4.33. The Bertz CT molecular complexity index is 1200. The summed E-state index contributed by atoms with van der Waals surface area (Å²) in [5.74, 6) is 0.00507. The van der Waals surface area contributed by atoms with Crippen molar-refractivity contribution in [1.82, 2.24) is 10.2 Å². The predicted octanol–water partition coefficient (Wildman–Crippen LogP) is 5.16. The average Bonchev–Trinajstić information content (AvgIpc) is 3.29. The van der Waals surface area contributed by atoms with Gasteiger partial charge in [0.05, 0.1) is 24.1 Å². The number of furan rings is 1. The molecule has 0 spiro atoms. The van der Waals surface area contributed by atoms with Crippen LogP contribution in [-0.2, 0) is 4.79 Å². The van der Waals surface area contributed by atoms with Crippen LogP contribution in [0.15, 0.2) is 52.9 Å². The topological polar surface area (TPSA) is 81.0 Å². The highest BCUT2D eigenvalue weighted by Crippen LogP contribution is 2.31. The Balaban J connectivity index is 1.43. The van der Waals surface area contributed by atoms with Crippen molar-refractivity contribution in [1.29, 1.82) is 0 Å². The van der Waals surface area contributed by atoms with E-state index in [1.807, 2.05) is 38.1 Å². The lowest BCUT2D eigenvalue weighted by atomic mass is 9.96. The smallest absolute Gasteiger partial charge is 0.387 e. The molecule has 0 saturated carbocycles. The molecular formula is C26H28F2N2O5. The van der Waals surface area contributed by atoms with E-state index in [-0.39, 0.29) is 23.8 Å². The van der Waals surface area contributed by atoms with Crippen molar-refractivity contribution in [3.63, 3.8) is 0 Å². The Hall–Kier alpha value is -3.62. The summed E-state index contributed by atoms with van der Waals surface area (Å²) in [4.78, 5) is 27.6. The molecule has 2 amide bonds. The molecule has 0 aliphatic carbocycles. The number of carbonyl (C=O) groups excluding carboxylic acids is 2. The molecule has 9 heteroatoms. The van der Waals surface area contributed by atoms with Crippen molar-refractivity contribution in [2.24, 2.45) is 5.92 Å². The Morgan fingerprint density at radius 1 is 1.17 bits per heavy atom. The Morgan fingerprint density at radius 3 is 2.71 bits per heavy atom. The molecule has 1 aromatic heterocycles. The number of nitrogens with zero attached hydrogens (tertiary/aromatic N) is 1. The van der Waals surface area contributed by atoms with Gasteiger partial charge in [-0.3, -0.25) is 9.59 Å². The van der Waals surface area contributed by atoms with Crippen LogP contribution in [0.4, 0.5) is 8.78 Å². The van der Waals surface area contributed by atoms with E-state index >= 15 is 0 Å². The van der Waals surface area contributed by atoms with Crippen molar-refractivity contribution in [2.45, 2.75) is 39.3 Å². The number of hydrogen-bond acceptors (Lipinski definition) is 5. The van der Waals surface area contributed by atoms with E-state index in [0.717, 1.165) is 5.39 Å². The first kappa shape index (κ1) is 24.5. The lowest BCUT2D eigenvalue weighted by molar-refractivity contribution is -0.127. The number of para-hydroxylation sites is 2. The van der Waals surface area contributed by atoms with Gasteiger partial charge in [-0.15, -0.1) is 0 Å². The van der Waals surface area contributed by atoms with Gasteiger partial charge in [-0.1, -0.05) is 24.3 Å². The summed E-state index contributed by atoms with van der Waals surface area (Å²) in [6, 6.07) is 13.0. The van der Waals surface area contributed by atoms with Gasteiger partial charge in [-0.05, 0) is 51.0 Å². The van der Waals surface area contributed by atoms with Gasteiger partial charge in [0.15, 0.2) is 11.3 Å². The third-order valence-electron chi connectivity index (χ3n) is 6.03. The molecule has 4 rings (SSSR count). The number of alkyl halides is 2. The molecule has 2 heterocycles. The molecular weight excluding hydrogens is 458 g/mol. The molecule has 2 unspecified atom stereocenters. The van der Waals surface area contributed by atoms with Gasteiger partial charge in [-0.25, -0.2) is 0 Å². The molecule has 7 nitrogen and oxygen atoms in total. The van der Waals surface area contributed by atoms with Crippen LogP contribution in [0.25, 0.3) is 11.0 Å². The summed E-state index contributed by atoms with van der Waals surface area (Å²) < 4.78 is 41.6. The second-order valence-electron chi connectivity index (χ2n) is 8.45. The maximum Gasteiger partial charge on any atom is 0.387 e. The molecule has 2 atom stereocenters. The molecule has 2 aromatic carbocycles. The highest BCUT2D eigenvalue weighted by molar-refractivity contribution is 5.97. The minimum Gasteiger partial charge on any atom is -0.490 e. The summed E-state index contributed by atoms with van der Waals surface area (Å²) in [7, 11) is 0. The number of ether oxygens (including phenoxy) is 2. The van der Waals surface area contributed by atoms with Gasteiger partial charge in [0, 0.05) is 18.5 Å². The molecule has 1 saturated heterocycles. The second-order valence-corrected chi connectivity index (χ2v) is 8.45. The van der Waals surface area contributed by atoms with Crippen LogP contribution in [0.2, 0.25) is 0 Å². The first-order chi connectivity index (χ1) is 16.9. The number of carbonyl (C=O) groups is 2. The van der Waals surface area contributed by atoms with E-state index in [1.165, 1.54) is 23.1 Å². The van der Waals surface area contributed by atoms with Gasteiger partial charge in [0.2, 0.25) is 5.91 Å². The summed E-state index contributed by atoms with van der Waals surface area (Å²) in [6.45, 7) is 1.83. The Labute approximate surface area is 202 Å². The maximum absolute atomic E-state index is 13.0. The van der Waals surface area contributed by atoms with Crippen LogP contribution < -0.4 is 14.8 Å². The van der Waals surface area contributed by atoms with E-state index in [1.54, 1.807) is 6.07 Å². The van der Waals surface area contributed by atoms with Gasteiger partial charge in [0.1, 0.15) is 11.5 Å². The molecule has 1 aliphatic heterocycles. The predicted molar refractivity (Wildman–Crippen MR) is 126 cm³/mol. The van der Waals surface area contributed by atoms with Gasteiger partial charge in [-0.2, -0.15) is 8.78 Å². The van der Waals surface area contributed by atoms with Crippen LogP contribution >= 0.6 is 0 Å². The quantitative estimate of drug-likeness (QED) is 0.476. The van der Waals surface area contributed by atoms with Crippen LogP contribution in [0, 0.1) is 5.92 Å². The number of nitrogens with one attached hydrogen (secondary N) is 1. The monoisotopic (exact) mass is 486 g/mol. The van der Waals surface area contributed by atoms with Crippen LogP contribution in [-0.4, -0.2) is 43.0 Å². The minimum atomic E-state index is -3.03. The number of amides is 2. The van der Waals surface area contributed by atoms with E-state index in [4.69, 9.17) is 9.15 Å². The number of rotatable bonds is 8. The first-order valence-electron chi connectivity index (χ1n) is 11.7. The van der Waals surface area contributed by atoms with Gasteiger partial charge in [0.25, 0.3) is 5.91 Å². The lowest BCUT2D eigenvalue weighted by Crippen LogP contribution is -2.46. The zero-order chi connectivity index (χ0) is 24.9. The molecule has 1 fully saturated rings. The maximum atomic E-state index is 13.0. The zero-order valence-electron chi connectivity index (χ0n) is 19.6. The lowest BCUT2D eigenvalue weighted by Gasteiger charge is -2.33. The average molecular weight is 487 g/mol. The number of piperidine rings is 1. The number of likely N-dealkylation sites (tertiary alicyclic amines) is 1. The molecule has 186 valence electrons. The summed E-state index contributed by atoms with van der Waals surface area (Å²) in [5.41, 5.74) is 0.680. The standard InChI is InChI=1S/C26H28F2N2O5/c1-3-33-21-12-6-8-17-14-22(34-23(17)21)16(2)29-24(31)18-9-7-13-30(15-18)25(32)19-10-4-5-11-20(19)35-26(27)28/h4-6,8,10-12,14,16,18,26H,3,7,9,13,15H2,1-2H3,(H,29,31). The fourth-order valence-electron chi connectivity index (χ4n) is 4.33.